The number of hydrogen-bond donors (Lipinski definition) is 0. The van der Waals surface area contributed by atoms with Crippen LogP contribution >= 0.6 is 31.9 Å². The van der Waals surface area contributed by atoms with Crippen LogP contribution in [0.3, 0.4) is 0 Å². The molecule has 1 heterocycles. The first-order chi connectivity index (χ1) is 7.27. The highest BCUT2D eigenvalue weighted by Crippen LogP contribution is 2.37. The monoisotopic (exact) mass is 367 g/mol. The molecule has 1 aromatic heterocycles. The van der Waals surface area contributed by atoms with Gasteiger partial charge in [0.1, 0.15) is 10.3 Å². The van der Waals surface area contributed by atoms with Crippen molar-refractivity contribution in [2.45, 2.75) is 17.9 Å². The second-order valence-electron chi connectivity index (χ2n) is 2.80. The van der Waals surface area contributed by atoms with Gasteiger partial charge in [-0.15, -0.1) is 0 Å². The van der Waals surface area contributed by atoms with Crippen molar-refractivity contribution in [3.05, 3.63) is 27.5 Å². The first-order valence-electron chi connectivity index (χ1n) is 3.88. The average molecular weight is 369 g/mol. The lowest BCUT2D eigenvalue weighted by molar-refractivity contribution is -0.138. The van der Waals surface area contributed by atoms with Crippen LogP contribution in [0.4, 0.5) is 22.0 Å². The third-order valence-corrected chi connectivity index (χ3v) is 2.95. The molecule has 0 aromatic carbocycles. The Hall–Kier alpha value is -0.240. The molecule has 0 fully saturated rings. The van der Waals surface area contributed by atoms with Crippen molar-refractivity contribution in [3.63, 3.8) is 0 Å². The van der Waals surface area contributed by atoms with Gasteiger partial charge >= 0.3 is 6.18 Å². The third-order valence-electron chi connectivity index (χ3n) is 1.74. The Morgan fingerprint density at radius 1 is 1.31 bits per heavy atom. The van der Waals surface area contributed by atoms with E-state index in [1.807, 2.05) is 0 Å². The molecule has 90 valence electrons. The van der Waals surface area contributed by atoms with E-state index in [4.69, 9.17) is 0 Å². The molecule has 0 spiro atoms. The van der Waals surface area contributed by atoms with Gasteiger partial charge in [-0.2, -0.15) is 13.2 Å². The van der Waals surface area contributed by atoms with Crippen molar-refractivity contribution in [2.75, 3.05) is 0 Å². The molecule has 0 amide bonds. The van der Waals surface area contributed by atoms with Gasteiger partial charge in [0.25, 0.3) is 6.43 Å². The lowest BCUT2D eigenvalue weighted by atomic mass is 10.1. The maximum Gasteiger partial charge on any atom is 0.419 e. The van der Waals surface area contributed by atoms with E-state index in [0.717, 1.165) is 0 Å². The Kier molecular flexibility index (Phi) is 4.28. The van der Waals surface area contributed by atoms with Crippen molar-refractivity contribution in [2.24, 2.45) is 0 Å². The minimum Gasteiger partial charge on any atom is -0.239 e. The Balaban J connectivity index is 3.37. The summed E-state index contributed by atoms with van der Waals surface area (Å²) in [5.74, 6) is 0. The molecule has 0 aliphatic heterocycles. The van der Waals surface area contributed by atoms with Crippen LogP contribution < -0.4 is 0 Å². The van der Waals surface area contributed by atoms with Crippen LogP contribution in [0.15, 0.2) is 10.7 Å². The van der Waals surface area contributed by atoms with Crippen molar-refractivity contribution in [3.8, 4) is 0 Å². The van der Waals surface area contributed by atoms with Crippen molar-refractivity contribution in [1.29, 1.82) is 0 Å². The summed E-state index contributed by atoms with van der Waals surface area (Å²) >= 11 is 5.38. The summed E-state index contributed by atoms with van der Waals surface area (Å²) in [5.41, 5.74) is -1.89. The average Bonchev–Trinajstić information content (AvgIpc) is 2.15. The minimum absolute atomic E-state index is 0.115. The standard InChI is InChI=1S/C8H4Br2F5N/c9-2-3-1-4(8(13,14)15)6(10)16-5(3)7(11)12/h1,7H,2H2. The fourth-order valence-corrected chi connectivity index (χ4v) is 2.02. The number of rotatable bonds is 2. The van der Waals surface area contributed by atoms with Crippen molar-refractivity contribution in [1.82, 2.24) is 4.98 Å². The number of pyridine rings is 1. The van der Waals surface area contributed by atoms with E-state index in [0.29, 0.717) is 6.07 Å². The Morgan fingerprint density at radius 2 is 1.88 bits per heavy atom. The second kappa shape index (κ2) is 4.95. The van der Waals surface area contributed by atoms with Crippen molar-refractivity contribution < 1.29 is 22.0 Å². The first kappa shape index (κ1) is 13.8. The molecule has 0 N–H and O–H groups in total. The van der Waals surface area contributed by atoms with Gasteiger partial charge < -0.3 is 0 Å². The number of aromatic nitrogens is 1. The number of nitrogens with zero attached hydrogens (tertiary/aromatic N) is 1. The van der Waals surface area contributed by atoms with Gasteiger partial charge in [-0.1, -0.05) is 15.9 Å². The molecule has 0 bridgehead atoms. The van der Waals surface area contributed by atoms with E-state index in [1.165, 1.54) is 0 Å². The topological polar surface area (TPSA) is 12.9 Å². The lowest BCUT2D eigenvalue weighted by Crippen LogP contribution is -2.10. The van der Waals surface area contributed by atoms with Gasteiger partial charge in [0.05, 0.1) is 5.56 Å². The van der Waals surface area contributed by atoms with E-state index in [-0.39, 0.29) is 10.9 Å². The second-order valence-corrected chi connectivity index (χ2v) is 4.12. The summed E-state index contributed by atoms with van der Waals surface area (Å²) in [5, 5.41) is -0.115. The summed E-state index contributed by atoms with van der Waals surface area (Å²) < 4.78 is 61.5. The van der Waals surface area contributed by atoms with Gasteiger partial charge in [0.2, 0.25) is 0 Å². The lowest BCUT2D eigenvalue weighted by Gasteiger charge is -2.12. The molecular weight excluding hydrogens is 365 g/mol. The number of alkyl halides is 6. The van der Waals surface area contributed by atoms with Crippen LogP contribution in [0.5, 0.6) is 0 Å². The summed E-state index contributed by atoms with van der Waals surface area (Å²) in [6, 6.07) is 0.660. The van der Waals surface area contributed by atoms with E-state index in [9.17, 15) is 22.0 Å². The first-order valence-corrected chi connectivity index (χ1v) is 5.79. The van der Waals surface area contributed by atoms with Gasteiger partial charge in [0, 0.05) is 5.33 Å². The minimum atomic E-state index is -4.62. The molecule has 0 atom stereocenters. The maximum absolute atomic E-state index is 12.4. The molecule has 16 heavy (non-hydrogen) atoms. The zero-order valence-electron chi connectivity index (χ0n) is 7.45. The van der Waals surface area contributed by atoms with Crippen LogP contribution in [0, 0.1) is 0 Å². The largest absolute Gasteiger partial charge is 0.419 e. The van der Waals surface area contributed by atoms with E-state index < -0.39 is 28.5 Å². The smallest absolute Gasteiger partial charge is 0.239 e. The van der Waals surface area contributed by atoms with E-state index >= 15 is 0 Å². The van der Waals surface area contributed by atoms with Crippen LogP contribution in [0.25, 0.3) is 0 Å². The molecule has 0 radical (unpaired) electrons. The predicted octanol–water partition coefficient (Wildman–Crippen LogP) is 4.70. The number of halogens is 7. The normalized spacial score (nSPS) is 12.2. The van der Waals surface area contributed by atoms with Gasteiger partial charge in [-0.05, 0) is 27.6 Å². The van der Waals surface area contributed by atoms with Crippen LogP contribution in [0.2, 0.25) is 0 Å². The molecule has 0 aliphatic carbocycles. The van der Waals surface area contributed by atoms with Crippen LogP contribution in [0.1, 0.15) is 23.2 Å². The van der Waals surface area contributed by atoms with Gasteiger partial charge in [-0.3, -0.25) is 0 Å². The van der Waals surface area contributed by atoms with Crippen LogP contribution in [-0.4, -0.2) is 4.98 Å². The SMILES string of the molecule is FC(F)c1nc(Br)c(C(F)(F)F)cc1CBr. The summed E-state index contributed by atoms with van der Waals surface area (Å²) in [6.07, 6.45) is -7.53. The molecule has 0 saturated carbocycles. The maximum atomic E-state index is 12.4. The molecule has 1 aromatic rings. The highest BCUT2D eigenvalue weighted by atomic mass is 79.9. The highest BCUT2D eigenvalue weighted by Gasteiger charge is 2.35. The predicted molar refractivity (Wildman–Crippen MR) is 54.5 cm³/mol. The van der Waals surface area contributed by atoms with E-state index in [2.05, 4.69) is 36.8 Å². The third kappa shape index (κ3) is 2.91. The zero-order valence-corrected chi connectivity index (χ0v) is 10.6. The zero-order chi connectivity index (χ0) is 12.5. The van der Waals surface area contributed by atoms with Crippen LogP contribution in [-0.2, 0) is 11.5 Å². The van der Waals surface area contributed by atoms with Gasteiger partial charge in [0.15, 0.2) is 0 Å². The number of hydrogen-bond acceptors (Lipinski definition) is 1. The van der Waals surface area contributed by atoms with Gasteiger partial charge in [-0.25, -0.2) is 13.8 Å². The summed E-state index contributed by atoms with van der Waals surface area (Å²) in [4.78, 5) is 3.23. The fraction of sp³-hybridized carbons (Fsp3) is 0.375. The molecule has 1 rings (SSSR count). The molecule has 0 aliphatic rings. The Bertz CT molecular complexity index is 391. The molecule has 8 heteroatoms. The highest BCUT2D eigenvalue weighted by molar-refractivity contribution is 9.10. The molecule has 0 unspecified atom stereocenters. The Morgan fingerprint density at radius 3 is 2.25 bits per heavy atom. The molecule has 0 saturated heterocycles. The summed E-state index contributed by atoms with van der Waals surface area (Å²) in [6.45, 7) is 0. The van der Waals surface area contributed by atoms with Crippen molar-refractivity contribution >= 4 is 31.9 Å². The molecule has 1 nitrogen and oxygen atoms in total. The van der Waals surface area contributed by atoms with E-state index in [1.54, 1.807) is 0 Å². The summed E-state index contributed by atoms with van der Waals surface area (Å²) in [7, 11) is 0. The molecular formula is C8H4Br2F5N. The Labute approximate surface area is 104 Å². The quantitative estimate of drug-likeness (QED) is 0.419. The fourth-order valence-electron chi connectivity index (χ4n) is 1.04.